The van der Waals surface area contributed by atoms with E-state index in [1.54, 1.807) is 18.2 Å². The second-order valence-corrected chi connectivity index (χ2v) is 9.35. The van der Waals surface area contributed by atoms with Crippen molar-refractivity contribution in [2.75, 3.05) is 10.6 Å². The number of thioether (sulfide) groups is 1. The Kier molecular flexibility index (Phi) is 8.43. The van der Waals surface area contributed by atoms with E-state index in [2.05, 4.69) is 24.5 Å². The van der Waals surface area contributed by atoms with Crippen molar-refractivity contribution < 1.29 is 14.5 Å². The monoisotopic (exact) mass is 477 g/mol. The van der Waals surface area contributed by atoms with E-state index in [1.807, 2.05) is 37.3 Å². The lowest BCUT2D eigenvalue weighted by Crippen LogP contribution is -2.24. The number of carbonyl (C=O) groups is 2. The van der Waals surface area contributed by atoms with Gasteiger partial charge in [-0.25, -0.2) is 0 Å². The minimum absolute atomic E-state index is 0.0872. The number of hydrogen-bond acceptors (Lipinski definition) is 5. The number of benzene rings is 3. The van der Waals surface area contributed by atoms with E-state index >= 15 is 0 Å². The fraction of sp³-hybridized carbons (Fsp3) is 0.231. The predicted molar refractivity (Wildman–Crippen MR) is 137 cm³/mol. The van der Waals surface area contributed by atoms with Gasteiger partial charge in [-0.15, -0.1) is 11.8 Å². The molecule has 176 valence electrons. The third-order valence-electron chi connectivity index (χ3n) is 5.20. The van der Waals surface area contributed by atoms with Crippen molar-refractivity contribution >= 4 is 40.6 Å². The van der Waals surface area contributed by atoms with Crippen LogP contribution in [0.2, 0.25) is 0 Å². The number of anilines is 2. The Bertz CT molecular complexity index is 1180. The van der Waals surface area contributed by atoms with Crippen LogP contribution in [-0.4, -0.2) is 22.0 Å². The van der Waals surface area contributed by atoms with Gasteiger partial charge in [0.25, 0.3) is 11.6 Å². The number of hydrogen-bond donors (Lipinski definition) is 2. The highest BCUT2D eigenvalue weighted by Crippen LogP contribution is 2.29. The first kappa shape index (κ1) is 25.0. The predicted octanol–water partition coefficient (Wildman–Crippen LogP) is 6.48. The average Bonchev–Trinajstić information content (AvgIpc) is 2.83. The van der Waals surface area contributed by atoms with Crippen LogP contribution in [0.25, 0.3) is 0 Å². The first-order valence-electron chi connectivity index (χ1n) is 11.0. The number of rotatable bonds is 9. The Morgan fingerprint density at radius 3 is 2.29 bits per heavy atom. The molecule has 7 nitrogen and oxygen atoms in total. The largest absolute Gasteiger partial charge is 0.325 e. The lowest BCUT2D eigenvalue weighted by Gasteiger charge is -2.16. The molecule has 0 radical (unpaired) electrons. The molecule has 0 saturated carbocycles. The normalized spacial score (nSPS) is 11.6. The summed E-state index contributed by atoms with van der Waals surface area (Å²) in [7, 11) is 0. The molecule has 0 aliphatic carbocycles. The van der Waals surface area contributed by atoms with Gasteiger partial charge < -0.3 is 10.6 Å². The summed E-state index contributed by atoms with van der Waals surface area (Å²) < 4.78 is 0. The molecule has 1 unspecified atom stereocenters. The summed E-state index contributed by atoms with van der Waals surface area (Å²) >= 11 is 1.41. The summed E-state index contributed by atoms with van der Waals surface area (Å²) in [5.74, 6) is -0.107. The molecule has 0 aromatic heterocycles. The summed E-state index contributed by atoms with van der Waals surface area (Å²) in [6, 6.07) is 20.6. The maximum Gasteiger partial charge on any atom is 0.270 e. The van der Waals surface area contributed by atoms with Crippen LogP contribution in [0.15, 0.2) is 77.7 Å². The SMILES string of the molecule is CCC(Sc1cccc(NC(=O)c2cccc([N+](=O)[O-])c2)c1)C(=O)Nc1ccc(C(C)C)cc1. The Balaban J connectivity index is 1.65. The quantitative estimate of drug-likeness (QED) is 0.209. The van der Waals surface area contributed by atoms with Gasteiger partial charge in [0.2, 0.25) is 5.91 Å². The van der Waals surface area contributed by atoms with Crippen molar-refractivity contribution in [2.24, 2.45) is 0 Å². The number of nitro groups is 1. The van der Waals surface area contributed by atoms with Gasteiger partial charge >= 0.3 is 0 Å². The summed E-state index contributed by atoms with van der Waals surface area (Å²) in [5, 5.41) is 16.4. The number of carbonyl (C=O) groups excluding carboxylic acids is 2. The molecule has 3 aromatic rings. The standard InChI is InChI=1S/C26H27N3O4S/c1-4-24(26(31)27-20-13-11-18(12-14-20)17(2)3)34-23-10-6-8-21(16-23)28-25(30)19-7-5-9-22(15-19)29(32)33/h5-17,24H,4H2,1-3H3,(H,27,31)(H,28,30). The summed E-state index contributed by atoms with van der Waals surface area (Å²) in [5.41, 5.74) is 2.56. The first-order chi connectivity index (χ1) is 16.3. The van der Waals surface area contributed by atoms with E-state index in [0.717, 1.165) is 10.6 Å². The molecule has 0 aliphatic heterocycles. The van der Waals surface area contributed by atoms with Gasteiger partial charge in [-0.05, 0) is 54.3 Å². The van der Waals surface area contributed by atoms with E-state index in [0.29, 0.717) is 18.0 Å². The van der Waals surface area contributed by atoms with Gasteiger partial charge in [-0.3, -0.25) is 19.7 Å². The number of nitrogens with zero attached hydrogens (tertiary/aromatic N) is 1. The second kappa shape index (κ2) is 11.5. The Labute approximate surface area is 203 Å². The van der Waals surface area contributed by atoms with Gasteiger partial charge in [0, 0.05) is 34.0 Å². The van der Waals surface area contributed by atoms with Gasteiger partial charge in [-0.1, -0.05) is 45.0 Å². The Hall–Kier alpha value is -3.65. The number of amides is 2. The van der Waals surface area contributed by atoms with Crippen LogP contribution in [0.1, 0.15) is 49.0 Å². The summed E-state index contributed by atoms with van der Waals surface area (Å²) in [6.45, 7) is 6.20. The molecule has 1 atom stereocenters. The fourth-order valence-electron chi connectivity index (χ4n) is 3.27. The third kappa shape index (κ3) is 6.68. The molecule has 34 heavy (non-hydrogen) atoms. The maximum absolute atomic E-state index is 12.8. The van der Waals surface area contributed by atoms with Crippen LogP contribution in [0.3, 0.4) is 0 Å². The number of nitrogens with one attached hydrogen (secondary N) is 2. The molecule has 0 heterocycles. The van der Waals surface area contributed by atoms with Gasteiger partial charge in [0.15, 0.2) is 0 Å². The smallest absolute Gasteiger partial charge is 0.270 e. The van der Waals surface area contributed by atoms with Crippen LogP contribution < -0.4 is 10.6 Å². The van der Waals surface area contributed by atoms with Crippen LogP contribution in [0.4, 0.5) is 17.1 Å². The molecule has 0 spiro atoms. The third-order valence-corrected chi connectivity index (χ3v) is 6.56. The first-order valence-corrected chi connectivity index (χ1v) is 11.9. The Morgan fingerprint density at radius 1 is 0.941 bits per heavy atom. The van der Waals surface area contributed by atoms with Crippen molar-refractivity contribution in [1.29, 1.82) is 0 Å². The van der Waals surface area contributed by atoms with Crippen LogP contribution in [-0.2, 0) is 4.79 Å². The van der Waals surface area contributed by atoms with Gasteiger partial charge in [-0.2, -0.15) is 0 Å². The van der Waals surface area contributed by atoms with Crippen LogP contribution in [0, 0.1) is 10.1 Å². The maximum atomic E-state index is 12.8. The molecule has 2 amide bonds. The van der Waals surface area contributed by atoms with Crippen molar-refractivity contribution in [2.45, 2.75) is 43.3 Å². The van der Waals surface area contributed by atoms with E-state index in [4.69, 9.17) is 0 Å². The minimum Gasteiger partial charge on any atom is -0.325 e. The molecule has 3 aromatic carbocycles. The highest BCUT2D eigenvalue weighted by Gasteiger charge is 2.19. The molecular weight excluding hydrogens is 450 g/mol. The topological polar surface area (TPSA) is 101 Å². The van der Waals surface area contributed by atoms with Gasteiger partial charge in [0.1, 0.15) is 0 Å². The van der Waals surface area contributed by atoms with Crippen molar-refractivity contribution in [3.05, 3.63) is 94.0 Å². The lowest BCUT2D eigenvalue weighted by atomic mass is 10.0. The van der Waals surface area contributed by atoms with Crippen molar-refractivity contribution in [1.82, 2.24) is 0 Å². The van der Waals surface area contributed by atoms with Crippen molar-refractivity contribution in [3.8, 4) is 0 Å². The molecule has 0 saturated heterocycles. The molecule has 0 aliphatic rings. The highest BCUT2D eigenvalue weighted by atomic mass is 32.2. The molecule has 2 N–H and O–H groups in total. The molecular formula is C26H27N3O4S. The zero-order valence-electron chi connectivity index (χ0n) is 19.3. The molecule has 3 rings (SSSR count). The van der Waals surface area contributed by atoms with Gasteiger partial charge in [0.05, 0.1) is 10.2 Å². The zero-order chi connectivity index (χ0) is 24.7. The van der Waals surface area contributed by atoms with E-state index in [-0.39, 0.29) is 22.4 Å². The number of non-ortho nitro benzene ring substituents is 1. The highest BCUT2D eigenvalue weighted by molar-refractivity contribution is 8.00. The molecule has 0 fully saturated rings. The summed E-state index contributed by atoms with van der Waals surface area (Å²) in [6.07, 6.45) is 0.630. The second-order valence-electron chi connectivity index (χ2n) is 8.07. The number of nitro benzene ring substituents is 1. The summed E-state index contributed by atoms with van der Waals surface area (Å²) in [4.78, 5) is 36.6. The van der Waals surface area contributed by atoms with Crippen molar-refractivity contribution in [3.63, 3.8) is 0 Å². The zero-order valence-corrected chi connectivity index (χ0v) is 20.1. The fourth-order valence-corrected chi connectivity index (χ4v) is 4.29. The average molecular weight is 478 g/mol. The molecule has 8 heteroatoms. The molecule has 0 bridgehead atoms. The van der Waals surface area contributed by atoms with E-state index in [9.17, 15) is 19.7 Å². The minimum atomic E-state index is -0.539. The van der Waals surface area contributed by atoms with Crippen LogP contribution >= 0.6 is 11.8 Å². The van der Waals surface area contributed by atoms with E-state index < -0.39 is 10.8 Å². The van der Waals surface area contributed by atoms with Crippen LogP contribution in [0.5, 0.6) is 0 Å². The van der Waals surface area contributed by atoms with E-state index in [1.165, 1.54) is 41.6 Å². The Morgan fingerprint density at radius 2 is 1.65 bits per heavy atom. The lowest BCUT2D eigenvalue weighted by molar-refractivity contribution is -0.384.